The number of imidazole rings is 5. The number of aliphatic hydroxyl groups excluding tert-OH is 5. The fraction of sp³-hybridized carbons (Fsp3) is 0.400. The van der Waals surface area contributed by atoms with E-state index in [0.29, 0.717) is 126 Å². The van der Waals surface area contributed by atoms with Crippen LogP contribution in [0.15, 0.2) is 154 Å². The van der Waals surface area contributed by atoms with Crippen LogP contribution >= 0.6 is 0 Å². The molecular formula is C75H75F5N10O10. The van der Waals surface area contributed by atoms with Gasteiger partial charge in [0.25, 0.3) is 0 Å². The van der Waals surface area contributed by atoms with Gasteiger partial charge in [-0.1, -0.05) is 60.7 Å². The number of hydrogen-bond donors (Lipinski definition) is 5. The standard InChI is InChI=1S/5C15H15FN2O2/c5*16-11-3-1-2-9-14(11)12-6-17-8-18(12)15(9)10-7-20-5-4-13(10)19/h5*1-3,6,8,10,13,15,19H,4-5,7H2/t2*10-,13-,15+;2*10-,13-,15-;/m1010./s1. The summed E-state index contributed by atoms with van der Waals surface area (Å²) in [5.74, 6) is -1.54. The van der Waals surface area contributed by atoms with Crippen LogP contribution in [-0.4, -0.2) is 170 Å². The molecule has 5 aromatic heterocycles. The summed E-state index contributed by atoms with van der Waals surface area (Å²) < 4.78 is 108. The van der Waals surface area contributed by atoms with E-state index in [4.69, 9.17) is 23.7 Å². The Morgan fingerprint density at radius 3 is 0.630 bits per heavy atom. The predicted molar refractivity (Wildman–Crippen MR) is 353 cm³/mol. The van der Waals surface area contributed by atoms with Crippen LogP contribution in [-0.2, 0) is 23.7 Å². The van der Waals surface area contributed by atoms with Crippen LogP contribution in [0.2, 0.25) is 0 Å². The smallest absolute Gasteiger partial charge is 0.132 e. The van der Waals surface area contributed by atoms with Crippen LogP contribution in [0.25, 0.3) is 56.3 Å². The van der Waals surface area contributed by atoms with E-state index in [2.05, 4.69) is 24.9 Å². The van der Waals surface area contributed by atoms with Gasteiger partial charge in [-0.3, -0.25) is 0 Å². The molecule has 10 aromatic rings. The monoisotopic (exact) mass is 1370 g/mol. The minimum atomic E-state index is -0.432. The van der Waals surface area contributed by atoms with E-state index in [-0.39, 0.29) is 88.9 Å². The number of rotatable bonds is 5. The zero-order valence-corrected chi connectivity index (χ0v) is 54.3. The third kappa shape index (κ3) is 11.5. The van der Waals surface area contributed by atoms with E-state index in [0.717, 1.165) is 56.3 Å². The Morgan fingerprint density at radius 2 is 0.460 bits per heavy atom. The van der Waals surface area contributed by atoms with Gasteiger partial charge in [-0.05, 0) is 90.3 Å². The van der Waals surface area contributed by atoms with E-state index < -0.39 is 30.5 Å². The quantitative estimate of drug-likeness (QED) is 0.101. The highest BCUT2D eigenvalue weighted by molar-refractivity contribution is 5.74. The Morgan fingerprint density at radius 1 is 0.280 bits per heavy atom. The number of fused-ring (bicyclic) bond motifs is 15. The lowest BCUT2D eigenvalue weighted by atomic mass is 9.86. The van der Waals surface area contributed by atoms with Gasteiger partial charge in [0.2, 0.25) is 0 Å². The van der Waals surface area contributed by atoms with Crippen molar-refractivity contribution in [1.82, 2.24) is 47.8 Å². The van der Waals surface area contributed by atoms with Crippen molar-refractivity contribution in [2.24, 2.45) is 29.6 Å². The molecule has 10 aliphatic rings. The SMILES string of the molecule is OC1CCOCC1C1c2cccc(F)c2-c2cncn21.O[C@@H]1CCOC[C@H]1[C@@H]1c2cccc(F)c2-c2cncn21.O[C@@H]1CCOC[C@H]1[C@H]1c2cccc(F)c2-c2cncn21.O[C@H]1CCOC[C@@H]1[C@@H]1c2cccc(F)c2-c2cncn21.O[C@H]1CCOC[C@@H]1[C@H]1c2cccc(F)c2-c2cncn21. The summed E-state index contributed by atoms with van der Waals surface area (Å²) in [4.78, 5) is 20.6. The second-order valence-electron chi connectivity index (χ2n) is 27.1. The first-order chi connectivity index (χ1) is 48.9. The molecule has 0 aliphatic carbocycles. The predicted octanol–water partition coefficient (Wildman–Crippen LogP) is 9.95. The van der Waals surface area contributed by atoms with Gasteiger partial charge in [-0.15, -0.1) is 0 Å². The Kier molecular flexibility index (Phi) is 18.3. The highest BCUT2D eigenvalue weighted by atomic mass is 19.1. The molecule has 5 fully saturated rings. The molecule has 0 radical (unpaired) electrons. The first kappa shape index (κ1) is 66.0. The third-order valence-corrected chi connectivity index (χ3v) is 21.8. The van der Waals surface area contributed by atoms with Crippen LogP contribution in [0, 0.1) is 58.7 Å². The number of halogens is 5. The zero-order valence-electron chi connectivity index (χ0n) is 54.3. The molecule has 20 nitrogen and oxygen atoms in total. The van der Waals surface area contributed by atoms with Crippen molar-refractivity contribution in [2.45, 2.75) is 92.8 Å². The number of ether oxygens (including phenoxy) is 5. The molecule has 25 heteroatoms. The Hall–Kier alpha value is -8.60. The average Bonchev–Trinajstić information content (AvgIpc) is 1.62. The molecule has 0 bridgehead atoms. The molecule has 100 heavy (non-hydrogen) atoms. The highest BCUT2D eigenvalue weighted by Crippen LogP contribution is 2.51. The van der Waals surface area contributed by atoms with Gasteiger partial charge in [0.05, 0.1) is 185 Å². The van der Waals surface area contributed by atoms with E-state index in [1.807, 2.05) is 53.2 Å². The van der Waals surface area contributed by atoms with Gasteiger partial charge < -0.3 is 72.1 Å². The van der Waals surface area contributed by atoms with Gasteiger partial charge in [-0.2, -0.15) is 0 Å². The maximum Gasteiger partial charge on any atom is 0.132 e. The summed E-state index contributed by atoms with van der Waals surface area (Å²) in [7, 11) is 0. The Labute approximate surface area is 571 Å². The molecule has 20 rings (SSSR count). The van der Waals surface area contributed by atoms with Gasteiger partial charge in [-0.25, -0.2) is 46.9 Å². The van der Waals surface area contributed by atoms with Crippen LogP contribution in [0.5, 0.6) is 0 Å². The topological polar surface area (TPSA) is 236 Å². The zero-order chi connectivity index (χ0) is 68.4. The number of aromatic nitrogens is 10. The summed E-state index contributed by atoms with van der Waals surface area (Å²) in [5.41, 5.74) is 11.5. The molecule has 10 aliphatic heterocycles. The van der Waals surface area contributed by atoms with Crippen LogP contribution in [0.3, 0.4) is 0 Å². The van der Waals surface area contributed by atoms with Crippen molar-refractivity contribution in [2.75, 3.05) is 66.1 Å². The van der Waals surface area contributed by atoms with Gasteiger partial charge in [0.15, 0.2) is 0 Å². The maximum atomic E-state index is 14.1. The second-order valence-corrected chi connectivity index (χ2v) is 27.1. The normalized spacial score (nSPS) is 28.2. The first-order valence-corrected chi connectivity index (χ1v) is 34.2. The molecule has 520 valence electrons. The van der Waals surface area contributed by atoms with E-state index in [9.17, 15) is 47.5 Å². The highest BCUT2D eigenvalue weighted by Gasteiger charge is 2.46. The van der Waals surface area contributed by atoms with Crippen molar-refractivity contribution in [3.8, 4) is 56.3 Å². The molecule has 3 unspecified atom stereocenters. The summed E-state index contributed by atoms with van der Waals surface area (Å²) in [5, 5.41) is 51.4. The number of nitrogens with zero attached hydrogens (tertiary/aromatic N) is 10. The average molecular weight is 1370 g/mol. The first-order valence-electron chi connectivity index (χ1n) is 34.2. The van der Waals surface area contributed by atoms with Gasteiger partial charge >= 0.3 is 0 Å². The minimum absolute atomic E-state index is 0.0697. The molecule has 5 N–H and O–H groups in total. The van der Waals surface area contributed by atoms with Crippen LogP contribution < -0.4 is 0 Å². The maximum absolute atomic E-state index is 14.1. The van der Waals surface area contributed by atoms with E-state index in [1.165, 1.54) is 30.3 Å². The summed E-state index contributed by atoms with van der Waals surface area (Å²) in [6, 6.07) is 25.0. The van der Waals surface area contributed by atoms with Crippen molar-refractivity contribution < 1.29 is 71.2 Å². The van der Waals surface area contributed by atoms with Crippen LogP contribution in [0.1, 0.15) is 90.1 Å². The minimum Gasteiger partial charge on any atom is -0.393 e. The number of benzene rings is 5. The molecule has 5 aromatic carbocycles. The van der Waals surface area contributed by atoms with Crippen molar-refractivity contribution >= 4 is 0 Å². The molecule has 15 heterocycles. The Bertz CT molecular complexity index is 3940. The number of hydrogen-bond acceptors (Lipinski definition) is 15. The summed E-state index contributed by atoms with van der Waals surface area (Å²) in [6.07, 6.45) is 17.9. The van der Waals surface area contributed by atoms with Crippen molar-refractivity contribution in [3.63, 3.8) is 0 Å². The lowest BCUT2D eigenvalue weighted by Crippen LogP contribution is -2.37. The molecular weight excluding hydrogens is 1300 g/mol. The van der Waals surface area contributed by atoms with Gasteiger partial charge in [0, 0.05) is 90.4 Å². The lowest BCUT2D eigenvalue weighted by molar-refractivity contribution is -0.0483. The van der Waals surface area contributed by atoms with E-state index >= 15 is 0 Å². The largest absolute Gasteiger partial charge is 0.393 e. The number of aliphatic hydroxyl groups is 5. The fourth-order valence-electron chi connectivity index (χ4n) is 17.1. The third-order valence-electron chi connectivity index (χ3n) is 21.8. The second kappa shape index (κ2) is 27.7. The lowest BCUT2D eigenvalue weighted by Gasteiger charge is -2.33. The van der Waals surface area contributed by atoms with Crippen LogP contribution in [0.4, 0.5) is 22.0 Å². The van der Waals surface area contributed by atoms with Crippen molar-refractivity contribution in [3.05, 3.63) is 211 Å². The molecule has 5 saturated heterocycles. The van der Waals surface area contributed by atoms with E-state index in [1.54, 1.807) is 93.0 Å². The molecule has 0 spiro atoms. The molecule has 15 atom stereocenters. The summed E-state index contributed by atoms with van der Waals surface area (Å²) >= 11 is 0. The summed E-state index contributed by atoms with van der Waals surface area (Å²) in [6.45, 7) is 5.33. The Balaban J connectivity index is 0.0000000972. The fourth-order valence-corrected chi connectivity index (χ4v) is 17.1. The molecule has 0 saturated carbocycles. The van der Waals surface area contributed by atoms with Gasteiger partial charge in [0.1, 0.15) is 29.1 Å². The van der Waals surface area contributed by atoms with Crippen molar-refractivity contribution in [1.29, 1.82) is 0 Å². The molecule has 0 amide bonds.